The zero-order valence-corrected chi connectivity index (χ0v) is 11.2. The quantitative estimate of drug-likeness (QED) is 0.803. The van der Waals surface area contributed by atoms with Crippen LogP contribution >= 0.6 is 12.2 Å². The maximum Gasteiger partial charge on any atom is 0.228 e. The Hall–Kier alpha value is -1.42. The number of benzene rings is 1. The molecule has 0 saturated carbocycles. The van der Waals surface area contributed by atoms with Crippen LogP contribution in [0.2, 0.25) is 0 Å². The Balaban J connectivity index is 2.75. The predicted octanol–water partition coefficient (Wildman–Crippen LogP) is 1.97. The molecule has 0 aliphatic rings. The van der Waals surface area contributed by atoms with Gasteiger partial charge in [-0.3, -0.25) is 4.79 Å². The van der Waals surface area contributed by atoms with Crippen LogP contribution in [-0.4, -0.2) is 16.4 Å². The Morgan fingerprint density at radius 3 is 2.35 bits per heavy atom. The molecule has 0 radical (unpaired) electrons. The number of nitrogens with two attached hydrogens (primary N) is 1. The van der Waals surface area contributed by atoms with Gasteiger partial charge < -0.3 is 11.1 Å². The average Bonchev–Trinajstić information content (AvgIpc) is 2.28. The lowest BCUT2D eigenvalue weighted by Crippen LogP contribution is -2.53. The average molecular weight is 250 g/mol. The van der Waals surface area contributed by atoms with Crippen LogP contribution in [0.25, 0.3) is 0 Å². The molecule has 17 heavy (non-hydrogen) atoms. The van der Waals surface area contributed by atoms with Crippen LogP contribution in [0.1, 0.15) is 32.3 Å². The molecule has 4 heteroatoms. The molecule has 0 heterocycles. The molecule has 0 spiro atoms. The van der Waals surface area contributed by atoms with Gasteiger partial charge in [0, 0.05) is 0 Å². The Labute approximate surface area is 107 Å². The Kier molecular flexibility index (Phi) is 4.23. The van der Waals surface area contributed by atoms with E-state index in [0.717, 1.165) is 5.56 Å². The molecule has 1 aromatic carbocycles. The normalized spacial score (nSPS) is 12.9. The predicted molar refractivity (Wildman–Crippen MR) is 73.9 cm³/mol. The first-order valence-electron chi connectivity index (χ1n) is 5.51. The van der Waals surface area contributed by atoms with Crippen LogP contribution in [0.3, 0.4) is 0 Å². The van der Waals surface area contributed by atoms with Crippen molar-refractivity contribution in [2.45, 2.75) is 32.2 Å². The fraction of sp³-hybridized carbons (Fsp3) is 0.385. The summed E-state index contributed by atoms with van der Waals surface area (Å²) in [5, 5.41) is 2.85. The number of rotatable bonds is 4. The van der Waals surface area contributed by atoms with E-state index in [0.29, 0.717) is 0 Å². The molecule has 1 rings (SSSR count). The van der Waals surface area contributed by atoms with Gasteiger partial charge in [-0.1, -0.05) is 42.5 Å². The Morgan fingerprint density at radius 1 is 1.35 bits per heavy atom. The summed E-state index contributed by atoms with van der Waals surface area (Å²) in [5.41, 5.74) is 5.89. The molecule has 1 atom stereocenters. The van der Waals surface area contributed by atoms with Crippen LogP contribution in [0.4, 0.5) is 0 Å². The van der Waals surface area contributed by atoms with Gasteiger partial charge in [0.15, 0.2) is 0 Å². The van der Waals surface area contributed by atoms with Crippen molar-refractivity contribution < 1.29 is 4.79 Å². The SMILES string of the molecule is CC(C(=O)NC(C)(C)C(N)=S)c1ccccc1. The lowest BCUT2D eigenvalue weighted by Gasteiger charge is -2.26. The minimum atomic E-state index is -0.657. The standard InChI is InChI=1S/C13H18N2OS/c1-9(10-7-5-4-6-8-10)11(16)15-13(2,3)12(14)17/h4-9H,1-3H3,(H2,14,17)(H,15,16). The first-order chi connectivity index (χ1) is 7.84. The maximum absolute atomic E-state index is 12.0. The highest BCUT2D eigenvalue weighted by molar-refractivity contribution is 7.80. The third-order valence-electron chi connectivity index (χ3n) is 2.74. The van der Waals surface area contributed by atoms with Crippen molar-refractivity contribution >= 4 is 23.1 Å². The molecule has 1 amide bonds. The third-order valence-corrected chi connectivity index (χ3v) is 3.25. The van der Waals surface area contributed by atoms with Crippen molar-refractivity contribution in [1.29, 1.82) is 0 Å². The summed E-state index contributed by atoms with van der Waals surface area (Å²) in [6.07, 6.45) is 0. The van der Waals surface area contributed by atoms with Crippen molar-refractivity contribution in [2.24, 2.45) is 5.73 Å². The van der Waals surface area contributed by atoms with E-state index in [1.54, 1.807) is 13.8 Å². The Bertz CT molecular complexity index is 415. The highest BCUT2D eigenvalue weighted by Crippen LogP contribution is 2.16. The molecular formula is C13H18N2OS. The van der Waals surface area contributed by atoms with Gasteiger partial charge in [-0.05, 0) is 26.3 Å². The van der Waals surface area contributed by atoms with Gasteiger partial charge in [0.1, 0.15) is 0 Å². The van der Waals surface area contributed by atoms with Gasteiger partial charge in [-0.2, -0.15) is 0 Å². The summed E-state index contributed by atoms with van der Waals surface area (Å²) in [5.74, 6) is -0.293. The summed E-state index contributed by atoms with van der Waals surface area (Å²) in [6, 6.07) is 9.61. The lowest BCUT2D eigenvalue weighted by atomic mass is 9.98. The molecule has 3 nitrogen and oxygen atoms in total. The fourth-order valence-electron chi connectivity index (χ4n) is 1.37. The zero-order valence-electron chi connectivity index (χ0n) is 10.4. The summed E-state index contributed by atoms with van der Waals surface area (Å²) in [7, 11) is 0. The van der Waals surface area contributed by atoms with E-state index in [1.165, 1.54) is 0 Å². The van der Waals surface area contributed by atoms with Crippen molar-refractivity contribution in [2.75, 3.05) is 0 Å². The summed E-state index contributed by atoms with van der Waals surface area (Å²) in [4.78, 5) is 12.3. The molecule has 3 N–H and O–H groups in total. The number of thiocarbonyl (C=S) groups is 1. The van der Waals surface area contributed by atoms with Gasteiger partial charge in [0.2, 0.25) is 5.91 Å². The van der Waals surface area contributed by atoms with Gasteiger partial charge in [0.05, 0.1) is 16.4 Å². The van der Waals surface area contributed by atoms with Gasteiger partial charge in [-0.15, -0.1) is 0 Å². The number of nitrogens with one attached hydrogen (secondary N) is 1. The van der Waals surface area contributed by atoms with E-state index >= 15 is 0 Å². The van der Waals surface area contributed by atoms with Crippen molar-refractivity contribution in [3.63, 3.8) is 0 Å². The number of carbonyl (C=O) groups excluding carboxylic acids is 1. The van der Waals surface area contributed by atoms with E-state index in [9.17, 15) is 4.79 Å². The molecule has 0 aliphatic heterocycles. The van der Waals surface area contributed by atoms with Crippen LogP contribution < -0.4 is 11.1 Å². The van der Waals surface area contributed by atoms with E-state index in [4.69, 9.17) is 18.0 Å². The second kappa shape index (κ2) is 5.27. The van der Waals surface area contributed by atoms with Gasteiger partial charge >= 0.3 is 0 Å². The van der Waals surface area contributed by atoms with Crippen LogP contribution in [0.15, 0.2) is 30.3 Å². The monoisotopic (exact) mass is 250 g/mol. The van der Waals surface area contributed by atoms with Crippen molar-refractivity contribution in [3.05, 3.63) is 35.9 Å². The lowest BCUT2D eigenvalue weighted by molar-refractivity contribution is -0.123. The molecule has 1 aromatic rings. The third kappa shape index (κ3) is 3.53. The number of carbonyl (C=O) groups is 1. The molecule has 0 aliphatic carbocycles. The summed E-state index contributed by atoms with van der Waals surface area (Å²) in [6.45, 7) is 5.45. The largest absolute Gasteiger partial charge is 0.391 e. The fourth-order valence-corrected chi connectivity index (χ4v) is 1.42. The van der Waals surface area contributed by atoms with E-state index in [1.807, 2.05) is 37.3 Å². The van der Waals surface area contributed by atoms with Crippen LogP contribution in [0.5, 0.6) is 0 Å². The van der Waals surface area contributed by atoms with Crippen molar-refractivity contribution in [3.8, 4) is 0 Å². The second-order valence-corrected chi connectivity index (χ2v) is 5.05. The minimum Gasteiger partial charge on any atom is -0.391 e. The molecule has 0 aromatic heterocycles. The second-order valence-electron chi connectivity index (χ2n) is 4.61. The van der Waals surface area contributed by atoms with E-state index in [2.05, 4.69) is 5.32 Å². The van der Waals surface area contributed by atoms with Crippen molar-refractivity contribution in [1.82, 2.24) is 5.32 Å². The molecule has 0 bridgehead atoms. The maximum atomic E-state index is 12.0. The highest BCUT2D eigenvalue weighted by Gasteiger charge is 2.26. The number of amides is 1. The van der Waals surface area contributed by atoms with E-state index < -0.39 is 5.54 Å². The van der Waals surface area contributed by atoms with Gasteiger partial charge in [0.25, 0.3) is 0 Å². The smallest absolute Gasteiger partial charge is 0.228 e. The summed E-state index contributed by atoms with van der Waals surface area (Å²) < 4.78 is 0. The first-order valence-corrected chi connectivity index (χ1v) is 5.92. The van der Waals surface area contributed by atoms with Crippen LogP contribution in [-0.2, 0) is 4.79 Å². The van der Waals surface area contributed by atoms with Gasteiger partial charge in [-0.25, -0.2) is 0 Å². The molecular weight excluding hydrogens is 232 g/mol. The molecule has 0 saturated heterocycles. The summed E-state index contributed by atoms with van der Waals surface area (Å²) >= 11 is 4.92. The first kappa shape index (κ1) is 13.6. The van der Waals surface area contributed by atoms with Crippen LogP contribution in [0, 0.1) is 0 Å². The topological polar surface area (TPSA) is 55.1 Å². The molecule has 1 unspecified atom stereocenters. The minimum absolute atomic E-state index is 0.0750. The zero-order chi connectivity index (χ0) is 13.1. The number of hydrogen-bond acceptors (Lipinski definition) is 2. The molecule has 0 fully saturated rings. The highest BCUT2D eigenvalue weighted by atomic mass is 32.1. The number of hydrogen-bond donors (Lipinski definition) is 2. The van der Waals surface area contributed by atoms with E-state index in [-0.39, 0.29) is 16.8 Å². The molecule has 92 valence electrons. The Morgan fingerprint density at radius 2 is 1.88 bits per heavy atom.